The Hall–Kier alpha value is -0.530. The molecule has 0 fully saturated rings. The monoisotopic (exact) mass is 396 g/mol. The highest BCUT2D eigenvalue weighted by Gasteiger charge is 2.63. The lowest BCUT2D eigenvalue weighted by Gasteiger charge is -2.65. The van der Waals surface area contributed by atoms with Crippen LogP contribution >= 0.6 is 0 Å². The maximum Gasteiger partial charge on any atom is 0.309 e. The van der Waals surface area contributed by atoms with E-state index in [1.807, 2.05) is 13.8 Å². The molecule has 0 heterocycles. The van der Waals surface area contributed by atoms with E-state index in [1.54, 1.807) is 0 Å². The molecule has 0 bridgehead atoms. The first-order valence-corrected chi connectivity index (χ1v) is 11.5. The fraction of sp³-hybridized carbons (Fsp3) is 0.962. The van der Waals surface area contributed by atoms with Gasteiger partial charge in [-0.25, -0.2) is 0 Å². The molecule has 2 heteroatoms. The van der Waals surface area contributed by atoms with Crippen LogP contribution in [0.5, 0.6) is 0 Å². The van der Waals surface area contributed by atoms with Crippen LogP contribution in [0.3, 0.4) is 0 Å². The smallest absolute Gasteiger partial charge is 0.309 e. The maximum atomic E-state index is 12.1. The van der Waals surface area contributed by atoms with Crippen molar-refractivity contribution in [1.82, 2.24) is 0 Å². The minimum absolute atomic E-state index is 0.0418. The van der Waals surface area contributed by atoms with E-state index in [1.165, 1.54) is 38.5 Å². The molecular formula is C26H52O2. The molecule has 0 aliphatic heterocycles. The number of unbranched alkanes of at least 4 members (excludes halogenated alkanes) is 4. The van der Waals surface area contributed by atoms with Gasteiger partial charge < -0.3 is 5.11 Å². The fourth-order valence-corrected chi connectivity index (χ4v) is 4.94. The lowest BCUT2D eigenvalue weighted by atomic mass is 9.39. The second kappa shape index (κ2) is 8.68. The summed E-state index contributed by atoms with van der Waals surface area (Å²) in [6.07, 6.45) is 7.75. The summed E-state index contributed by atoms with van der Waals surface area (Å²) in [6, 6.07) is 0. The Kier molecular flexibility index (Phi) is 8.52. The van der Waals surface area contributed by atoms with E-state index in [2.05, 4.69) is 76.2 Å². The summed E-state index contributed by atoms with van der Waals surface area (Å²) in [4.78, 5) is 12.1. The van der Waals surface area contributed by atoms with Crippen LogP contribution in [-0.4, -0.2) is 11.1 Å². The molecule has 0 aromatic rings. The largest absolute Gasteiger partial charge is 0.481 e. The normalized spacial score (nSPS) is 15.0. The summed E-state index contributed by atoms with van der Waals surface area (Å²) in [5.41, 5.74) is -1.24. The van der Waals surface area contributed by atoms with Crippen LogP contribution in [0.15, 0.2) is 0 Å². The van der Waals surface area contributed by atoms with E-state index in [0.29, 0.717) is 0 Å². The van der Waals surface area contributed by atoms with Crippen molar-refractivity contribution < 1.29 is 9.90 Å². The second-order valence-electron chi connectivity index (χ2n) is 12.5. The van der Waals surface area contributed by atoms with Crippen LogP contribution in [-0.2, 0) is 4.79 Å². The average molecular weight is 397 g/mol. The number of carboxylic acids is 1. The maximum absolute atomic E-state index is 12.1. The van der Waals surface area contributed by atoms with Crippen molar-refractivity contribution in [2.45, 2.75) is 129 Å². The predicted octanol–water partition coefficient (Wildman–Crippen LogP) is 8.59. The molecule has 1 N–H and O–H groups in total. The fourth-order valence-electron chi connectivity index (χ4n) is 4.94. The highest BCUT2D eigenvalue weighted by molar-refractivity contribution is 5.75. The molecule has 0 saturated heterocycles. The van der Waals surface area contributed by atoms with Crippen molar-refractivity contribution in [1.29, 1.82) is 0 Å². The van der Waals surface area contributed by atoms with E-state index >= 15 is 0 Å². The van der Waals surface area contributed by atoms with Crippen LogP contribution < -0.4 is 0 Å². The Morgan fingerprint density at radius 3 is 1.39 bits per heavy atom. The van der Waals surface area contributed by atoms with Gasteiger partial charge in [-0.2, -0.15) is 0 Å². The number of aliphatic carboxylic acids is 1. The molecule has 168 valence electrons. The van der Waals surface area contributed by atoms with E-state index in [0.717, 1.165) is 0 Å². The summed E-state index contributed by atoms with van der Waals surface area (Å²) in [6.45, 7) is 29.3. The van der Waals surface area contributed by atoms with Gasteiger partial charge in [0.05, 0.1) is 5.41 Å². The summed E-state index contributed by atoms with van der Waals surface area (Å²) in [5.74, 6) is -0.714. The number of carboxylic acid groups (broad SMARTS) is 1. The Morgan fingerprint density at radius 2 is 1.00 bits per heavy atom. The Bertz CT molecular complexity index is 519. The SMILES string of the molecule is CCCCCCCC(C)(C)C(C)(C)C(C)(C)C(C)(C)C(C)(C)C(C)(C)C(=O)O. The van der Waals surface area contributed by atoms with E-state index in [4.69, 9.17) is 0 Å². The molecule has 0 unspecified atom stereocenters. The summed E-state index contributed by atoms with van der Waals surface area (Å²) < 4.78 is 0. The Morgan fingerprint density at radius 1 is 0.607 bits per heavy atom. The molecule has 0 aromatic heterocycles. The van der Waals surface area contributed by atoms with Gasteiger partial charge in [0.1, 0.15) is 0 Å². The molecule has 2 nitrogen and oxygen atoms in total. The van der Waals surface area contributed by atoms with Gasteiger partial charge in [-0.05, 0) is 47.3 Å². The summed E-state index contributed by atoms with van der Waals surface area (Å²) >= 11 is 0. The van der Waals surface area contributed by atoms with Gasteiger partial charge in [-0.1, -0.05) is 108 Å². The third-order valence-electron chi connectivity index (χ3n) is 10.4. The average Bonchev–Trinajstić information content (AvgIpc) is 2.53. The molecule has 0 amide bonds. The van der Waals surface area contributed by atoms with Crippen molar-refractivity contribution in [3.63, 3.8) is 0 Å². The molecule has 0 aromatic carbocycles. The molecule has 0 aliphatic rings. The highest BCUT2D eigenvalue weighted by atomic mass is 16.4. The minimum Gasteiger partial charge on any atom is -0.481 e. The Labute approximate surface area is 177 Å². The van der Waals surface area contributed by atoms with Crippen molar-refractivity contribution in [2.24, 2.45) is 32.5 Å². The number of rotatable bonds is 12. The molecule has 28 heavy (non-hydrogen) atoms. The standard InChI is InChI=1S/C26H52O2/c1-14-15-16-17-18-19-21(2,3)23(6,7)25(10,11)26(12,13)24(8,9)22(4,5)20(27)28/h14-19H2,1-13H3,(H,27,28). The van der Waals surface area contributed by atoms with Crippen LogP contribution in [0.1, 0.15) is 129 Å². The van der Waals surface area contributed by atoms with Gasteiger partial charge in [0, 0.05) is 0 Å². The quantitative estimate of drug-likeness (QED) is 0.335. The lowest BCUT2D eigenvalue weighted by molar-refractivity contribution is -0.190. The number of carbonyl (C=O) groups is 1. The van der Waals surface area contributed by atoms with E-state index in [-0.39, 0.29) is 27.1 Å². The first kappa shape index (κ1) is 27.5. The third kappa shape index (κ3) is 4.46. The molecule has 0 rings (SSSR count). The van der Waals surface area contributed by atoms with Gasteiger partial charge in [0.2, 0.25) is 0 Å². The zero-order valence-corrected chi connectivity index (χ0v) is 21.6. The number of hydrogen-bond acceptors (Lipinski definition) is 1. The van der Waals surface area contributed by atoms with Crippen LogP contribution in [0.2, 0.25) is 0 Å². The van der Waals surface area contributed by atoms with Crippen LogP contribution in [0.4, 0.5) is 0 Å². The first-order valence-electron chi connectivity index (χ1n) is 11.5. The molecule has 0 aliphatic carbocycles. The highest BCUT2D eigenvalue weighted by Crippen LogP contribution is 2.67. The number of hydrogen-bond donors (Lipinski definition) is 1. The molecule has 0 saturated carbocycles. The predicted molar refractivity (Wildman–Crippen MR) is 124 cm³/mol. The molecular weight excluding hydrogens is 344 g/mol. The minimum atomic E-state index is -0.811. The van der Waals surface area contributed by atoms with Gasteiger partial charge in [-0.3, -0.25) is 4.79 Å². The van der Waals surface area contributed by atoms with Crippen molar-refractivity contribution in [2.75, 3.05) is 0 Å². The van der Waals surface area contributed by atoms with Gasteiger partial charge >= 0.3 is 5.97 Å². The van der Waals surface area contributed by atoms with Gasteiger partial charge in [-0.15, -0.1) is 0 Å². The first-order chi connectivity index (χ1) is 12.3. The van der Waals surface area contributed by atoms with Crippen molar-refractivity contribution >= 4 is 5.97 Å². The van der Waals surface area contributed by atoms with E-state index in [9.17, 15) is 9.90 Å². The molecule has 0 spiro atoms. The van der Waals surface area contributed by atoms with Crippen LogP contribution in [0, 0.1) is 32.5 Å². The zero-order valence-electron chi connectivity index (χ0n) is 21.6. The van der Waals surface area contributed by atoms with Crippen LogP contribution in [0.25, 0.3) is 0 Å². The van der Waals surface area contributed by atoms with Crippen molar-refractivity contribution in [3.8, 4) is 0 Å². The van der Waals surface area contributed by atoms with E-state index < -0.39 is 11.4 Å². The lowest BCUT2D eigenvalue weighted by Crippen LogP contribution is -2.60. The van der Waals surface area contributed by atoms with Gasteiger partial charge in [0.15, 0.2) is 0 Å². The Balaban J connectivity index is 5.87. The van der Waals surface area contributed by atoms with Crippen molar-refractivity contribution in [3.05, 3.63) is 0 Å². The zero-order chi connectivity index (χ0) is 22.8. The molecule has 0 atom stereocenters. The molecule has 0 radical (unpaired) electrons. The summed E-state index contributed by atoms with van der Waals surface area (Å²) in [5, 5.41) is 9.96. The van der Waals surface area contributed by atoms with Gasteiger partial charge in [0.25, 0.3) is 0 Å². The third-order valence-corrected chi connectivity index (χ3v) is 10.4. The summed E-state index contributed by atoms with van der Waals surface area (Å²) in [7, 11) is 0. The second-order valence-corrected chi connectivity index (χ2v) is 12.5. The topological polar surface area (TPSA) is 37.3 Å².